The Morgan fingerprint density at radius 1 is 0.550 bits per heavy atom. The van der Waals surface area contributed by atoms with E-state index in [9.17, 15) is 29.4 Å². The fourth-order valence-corrected chi connectivity index (χ4v) is 0.949. The van der Waals surface area contributed by atoms with Crippen LogP contribution in [0.2, 0.25) is 0 Å². The first-order valence-corrected chi connectivity index (χ1v) is 7.92. The van der Waals surface area contributed by atoms with Gasteiger partial charge in [-0.15, -0.1) is 0 Å². The largest absolute Gasteiger partial charge is 3.00 e. The summed E-state index contributed by atoms with van der Waals surface area (Å²) in [5, 5.41) is 0. The molecule has 0 atom stereocenters. The van der Waals surface area contributed by atoms with Crippen LogP contribution in [0.15, 0.2) is 0 Å². The van der Waals surface area contributed by atoms with Crippen molar-refractivity contribution < 1.29 is 77.1 Å². The van der Waals surface area contributed by atoms with Gasteiger partial charge < -0.3 is 42.9 Å². The SMILES string of the molecule is CCOP([O-])[O-].CCOP([O-])[O-].CCOP([O-])[O-].[Fe+3].[Fe+3]. The first kappa shape index (κ1) is 33.5. The monoisotopic (exact) mass is 436 g/mol. The smallest absolute Gasteiger partial charge is 0.820 e. The molecule has 2 radical (unpaired) electrons. The van der Waals surface area contributed by atoms with E-state index in [2.05, 4.69) is 13.6 Å². The molecule has 0 aromatic heterocycles. The molecule has 0 aromatic carbocycles. The zero-order chi connectivity index (χ0) is 15.0. The zero-order valence-corrected chi connectivity index (χ0v) is 15.7. The molecule has 0 aliphatic rings. The molecule has 0 fully saturated rings. The molecule has 0 aromatic rings. The molecule has 0 saturated carbocycles. The third-order valence-electron chi connectivity index (χ3n) is 0.704. The van der Waals surface area contributed by atoms with Crippen LogP contribution in [-0.2, 0) is 47.7 Å². The quantitative estimate of drug-likeness (QED) is 0.310. The molecular weight excluding hydrogens is 421 g/mol. The molecule has 0 saturated heterocycles. The van der Waals surface area contributed by atoms with E-state index in [1.165, 1.54) is 0 Å². The van der Waals surface area contributed by atoms with Gasteiger partial charge in [0, 0.05) is 19.8 Å². The maximum Gasteiger partial charge on any atom is 3.00 e. The number of hydrogen-bond donors (Lipinski definition) is 0. The minimum absolute atomic E-state index is 0. The van der Waals surface area contributed by atoms with Crippen LogP contribution in [0.3, 0.4) is 0 Å². The van der Waals surface area contributed by atoms with Gasteiger partial charge in [-0.25, -0.2) is 0 Å². The van der Waals surface area contributed by atoms with E-state index in [0.29, 0.717) is 0 Å². The summed E-state index contributed by atoms with van der Waals surface area (Å²) in [5.74, 6) is 0. The predicted molar refractivity (Wildman–Crippen MR) is 55.6 cm³/mol. The molecule has 124 valence electrons. The summed E-state index contributed by atoms with van der Waals surface area (Å²) in [7, 11) is -7.80. The fraction of sp³-hybridized carbons (Fsp3) is 1.00. The topological polar surface area (TPSA) is 166 Å². The summed E-state index contributed by atoms with van der Waals surface area (Å²) in [5.41, 5.74) is 0. The first-order valence-electron chi connectivity index (χ1n) is 4.63. The Hall–Kier alpha value is 1.97. The second-order valence-corrected chi connectivity index (χ2v) is 4.04. The van der Waals surface area contributed by atoms with Crippen molar-refractivity contribution in [3.05, 3.63) is 0 Å². The van der Waals surface area contributed by atoms with Gasteiger partial charge in [-0.3, -0.25) is 0 Å². The Balaban J connectivity index is -0.0000000536. The van der Waals surface area contributed by atoms with E-state index in [4.69, 9.17) is 0 Å². The van der Waals surface area contributed by atoms with Crippen molar-refractivity contribution in [3.8, 4) is 0 Å². The number of hydrogen-bond acceptors (Lipinski definition) is 9. The first-order chi connectivity index (χ1) is 8.31. The summed E-state index contributed by atoms with van der Waals surface area (Å²) < 4.78 is 12.0. The van der Waals surface area contributed by atoms with Crippen LogP contribution in [-0.4, -0.2) is 19.8 Å². The molecule has 0 aliphatic heterocycles. The van der Waals surface area contributed by atoms with Crippen molar-refractivity contribution in [3.63, 3.8) is 0 Å². The Morgan fingerprint density at radius 2 is 0.700 bits per heavy atom. The Bertz CT molecular complexity index is 123. The van der Waals surface area contributed by atoms with E-state index in [0.717, 1.165) is 0 Å². The third-order valence-corrected chi connectivity index (χ3v) is 2.11. The van der Waals surface area contributed by atoms with Crippen molar-refractivity contribution in [2.24, 2.45) is 0 Å². The van der Waals surface area contributed by atoms with Crippen molar-refractivity contribution >= 4 is 25.8 Å². The molecule has 0 rings (SSSR count). The Labute approximate surface area is 143 Å². The second-order valence-electron chi connectivity index (χ2n) is 1.92. The van der Waals surface area contributed by atoms with Crippen LogP contribution in [0, 0.1) is 0 Å². The van der Waals surface area contributed by atoms with Crippen LogP contribution in [0.5, 0.6) is 0 Å². The van der Waals surface area contributed by atoms with Gasteiger partial charge in [-0.1, -0.05) is 0 Å². The van der Waals surface area contributed by atoms with Crippen LogP contribution < -0.4 is 29.4 Å². The zero-order valence-electron chi connectivity index (χ0n) is 10.8. The molecular formula is C6H15Fe2O9P3. The minimum atomic E-state index is -2.60. The molecule has 0 bridgehead atoms. The molecule has 14 heteroatoms. The van der Waals surface area contributed by atoms with Crippen molar-refractivity contribution in [1.29, 1.82) is 0 Å². The van der Waals surface area contributed by atoms with E-state index < -0.39 is 25.8 Å². The van der Waals surface area contributed by atoms with Crippen LogP contribution >= 0.6 is 25.8 Å². The van der Waals surface area contributed by atoms with Crippen LogP contribution in [0.25, 0.3) is 0 Å². The Kier molecular flexibility index (Phi) is 48.7. The van der Waals surface area contributed by atoms with Gasteiger partial charge >= 0.3 is 34.1 Å². The summed E-state index contributed by atoms with van der Waals surface area (Å²) >= 11 is 0. The fourth-order valence-electron chi connectivity index (χ4n) is 0.316. The maximum absolute atomic E-state index is 9.41. The second kappa shape index (κ2) is 29.0. The van der Waals surface area contributed by atoms with Crippen LogP contribution in [0.1, 0.15) is 20.8 Å². The van der Waals surface area contributed by atoms with Crippen molar-refractivity contribution in [2.75, 3.05) is 19.8 Å². The molecule has 0 aliphatic carbocycles. The summed E-state index contributed by atoms with van der Waals surface area (Å²) in [6, 6.07) is 0. The number of rotatable bonds is 6. The van der Waals surface area contributed by atoms with Gasteiger partial charge in [-0.05, 0) is 20.8 Å². The Morgan fingerprint density at radius 3 is 0.700 bits per heavy atom. The normalized spacial score (nSPS) is 9.00. The standard InChI is InChI=1S/3C2H5O3P.2Fe/c3*1-2-5-6(3)4;;/h3*2H2,1H3;;/q3*-2;2*+3. The summed E-state index contributed by atoms with van der Waals surface area (Å²) in [6.45, 7) is 5.55. The van der Waals surface area contributed by atoms with Crippen molar-refractivity contribution in [1.82, 2.24) is 0 Å². The van der Waals surface area contributed by atoms with E-state index >= 15 is 0 Å². The van der Waals surface area contributed by atoms with Gasteiger partial charge in [0.25, 0.3) is 0 Å². The van der Waals surface area contributed by atoms with Gasteiger partial charge in [-0.2, -0.15) is 25.8 Å². The molecule has 0 amide bonds. The molecule has 0 spiro atoms. The van der Waals surface area contributed by atoms with E-state index in [-0.39, 0.29) is 54.0 Å². The molecule has 0 heterocycles. The van der Waals surface area contributed by atoms with E-state index in [1.807, 2.05) is 0 Å². The van der Waals surface area contributed by atoms with Crippen molar-refractivity contribution in [2.45, 2.75) is 20.8 Å². The van der Waals surface area contributed by atoms with Gasteiger partial charge in [0.1, 0.15) is 0 Å². The average Bonchev–Trinajstić information content (AvgIpc) is 2.18. The molecule has 20 heavy (non-hydrogen) atoms. The molecule has 0 unspecified atom stereocenters. The minimum Gasteiger partial charge on any atom is -0.820 e. The van der Waals surface area contributed by atoms with Gasteiger partial charge in [0.2, 0.25) is 0 Å². The summed E-state index contributed by atoms with van der Waals surface area (Å²) in [4.78, 5) is 56.5. The predicted octanol–water partition coefficient (Wildman–Crippen LogP) is -3.09. The third kappa shape index (κ3) is 59.7. The average molecular weight is 436 g/mol. The summed E-state index contributed by atoms with van der Waals surface area (Å²) in [6.07, 6.45) is 0. The van der Waals surface area contributed by atoms with E-state index in [1.54, 1.807) is 20.8 Å². The molecule has 0 N–H and O–H groups in total. The maximum atomic E-state index is 9.41. The van der Waals surface area contributed by atoms with Crippen LogP contribution in [0.4, 0.5) is 0 Å². The molecule has 9 nitrogen and oxygen atoms in total. The van der Waals surface area contributed by atoms with Gasteiger partial charge in [0.15, 0.2) is 0 Å². The van der Waals surface area contributed by atoms with Gasteiger partial charge in [0.05, 0.1) is 0 Å².